The number of aryl methyl sites for hydroxylation is 2. The molecule has 0 aliphatic heterocycles. The van der Waals surface area contributed by atoms with Gasteiger partial charge in [-0.2, -0.15) is 0 Å². The van der Waals surface area contributed by atoms with Gasteiger partial charge in [0.25, 0.3) is 0 Å². The first kappa shape index (κ1) is 17.1. The summed E-state index contributed by atoms with van der Waals surface area (Å²) in [6.07, 6.45) is 0. The van der Waals surface area contributed by atoms with Gasteiger partial charge in [0.1, 0.15) is 0 Å². The van der Waals surface area contributed by atoms with Gasteiger partial charge in [0.15, 0.2) is 0 Å². The summed E-state index contributed by atoms with van der Waals surface area (Å²) in [6.45, 7) is 4.32. The van der Waals surface area contributed by atoms with Gasteiger partial charge in [-0.1, -0.05) is 66.7 Å². The molecule has 27 heavy (non-hydrogen) atoms. The molecule has 1 nitrogen and oxygen atoms in total. The summed E-state index contributed by atoms with van der Waals surface area (Å²) >= 11 is 0. The summed E-state index contributed by atoms with van der Waals surface area (Å²) in [4.78, 5) is 2.28. The van der Waals surface area contributed by atoms with Crippen LogP contribution in [-0.2, 0) is 0 Å². The van der Waals surface area contributed by atoms with E-state index >= 15 is 0 Å². The maximum Gasteiger partial charge on any atom is 0.0462 e. The molecule has 4 aromatic rings. The molecule has 0 aromatic heterocycles. The summed E-state index contributed by atoms with van der Waals surface area (Å²) in [6, 6.07) is 36.4. The van der Waals surface area contributed by atoms with E-state index in [1.165, 1.54) is 22.3 Å². The van der Waals surface area contributed by atoms with Crippen LogP contribution >= 0.6 is 0 Å². The molecule has 0 radical (unpaired) electrons. The molecule has 0 amide bonds. The van der Waals surface area contributed by atoms with E-state index in [0.717, 1.165) is 17.1 Å². The second kappa shape index (κ2) is 7.51. The number of hydrogen-bond acceptors (Lipinski definition) is 1. The van der Waals surface area contributed by atoms with Gasteiger partial charge in [0, 0.05) is 17.1 Å². The van der Waals surface area contributed by atoms with E-state index in [0.29, 0.717) is 0 Å². The van der Waals surface area contributed by atoms with Crippen molar-refractivity contribution < 1.29 is 0 Å². The fourth-order valence-electron chi connectivity index (χ4n) is 3.33. The Kier molecular flexibility index (Phi) is 4.76. The van der Waals surface area contributed by atoms with Crippen LogP contribution in [0.2, 0.25) is 0 Å². The van der Waals surface area contributed by atoms with Crippen molar-refractivity contribution in [1.82, 2.24) is 0 Å². The first-order valence-corrected chi connectivity index (χ1v) is 9.30. The SMILES string of the molecule is Cc1ccc(-c2ccc(N(c3ccccc3)c3ccccc3)cc2)cc1C. The molecule has 0 saturated heterocycles. The highest BCUT2D eigenvalue weighted by Crippen LogP contribution is 2.35. The largest absolute Gasteiger partial charge is 0.311 e. The van der Waals surface area contributed by atoms with Crippen molar-refractivity contribution in [2.45, 2.75) is 13.8 Å². The number of rotatable bonds is 4. The quantitative estimate of drug-likeness (QED) is 0.370. The highest BCUT2D eigenvalue weighted by atomic mass is 15.1. The number of anilines is 3. The Labute approximate surface area is 161 Å². The molecule has 0 saturated carbocycles. The topological polar surface area (TPSA) is 3.24 Å². The zero-order valence-corrected chi connectivity index (χ0v) is 15.8. The third kappa shape index (κ3) is 3.63. The average Bonchev–Trinajstić information content (AvgIpc) is 2.72. The summed E-state index contributed by atoms with van der Waals surface area (Å²) in [5.74, 6) is 0. The summed E-state index contributed by atoms with van der Waals surface area (Å²) < 4.78 is 0. The van der Waals surface area contributed by atoms with E-state index < -0.39 is 0 Å². The second-order valence-electron chi connectivity index (χ2n) is 6.85. The molecule has 0 unspecified atom stereocenters. The molecule has 4 aromatic carbocycles. The average molecular weight is 349 g/mol. The second-order valence-corrected chi connectivity index (χ2v) is 6.85. The maximum absolute atomic E-state index is 2.28. The molecule has 0 fully saturated rings. The van der Waals surface area contributed by atoms with Crippen LogP contribution < -0.4 is 4.90 Å². The van der Waals surface area contributed by atoms with Crippen LogP contribution in [0.4, 0.5) is 17.1 Å². The Morgan fingerprint density at radius 2 is 0.926 bits per heavy atom. The minimum atomic E-state index is 1.15. The molecule has 0 heterocycles. The van der Waals surface area contributed by atoms with E-state index in [4.69, 9.17) is 0 Å². The van der Waals surface area contributed by atoms with Crippen molar-refractivity contribution in [3.8, 4) is 11.1 Å². The van der Waals surface area contributed by atoms with Gasteiger partial charge < -0.3 is 4.90 Å². The van der Waals surface area contributed by atoms with Gasteiger partial charge in [-0.25, -0.2) is 0 Å². The van der Waals surface area contributed by atoms with Gasteiger partial charge in [-0.05, 0) is 72.5 Å². The van der Waals surface area contributed by atoms with Crippen LogP contribution in [0.3, 0.4) is 0 Å². The lowest BCUT2D eigenvalue weighted by Crippen LogP contribution is -2.09. The normalized spacial score (nSPS) is 10.6. The van der Waals surface area contributed by atoms with Crippen molar-refractivity contribution in [3.05, 3.63) is 114 Å². The Morgan fingerprint density at radius 1 is 0.444 bits per heavy atom. The predicted octanol–water partition coefficient (Wildman–Crippen LogP) is 7.44. The smallest absolute Gasteiger partial charge is 0.0462 e. The lowest BCUT2D eigenvalue weighted by Gasteiger charge is -2.25. The van der Waals surface area contributed by atoms with Crippen molar-refractivity contribution >= 4 is 17.1 Å². The zero-order chi connectivity index (χ0) is 18.6. The van der Waals surface area contributed by atoms with Gasteiger partial charge in [-0.15, -0.1) is 0 Å². The zero-order valence-electron chi connectivity index (χ0n) is 15.8. The Hall–Kier alpha value is -3.32. The van der Waals surface area contributed by atoms with Crippen LogP contribution in [0.1, 0.15) is 11.1 Å². The highest BCUT2D eigenvalue weighted by molar-refractivity contribution is 5.78. The lowest BCUT2D eigenvalue weighted by atomic mass is 10.00. The third-order valence-electron chi connectivity index (χ3n) is 4.99. The molecule has 0 atom stereocenters. The number of para-hydroxylation sites is 2. The standard InChI is InChI=1S/C26H23N/c1-20-13-14-23(19-21(20)2)22-15-17-26(18-16-22)27(24-9-5-3-6-10-24)25-11-7-4-8-12-25/h3-19H,1-2H3. The lowest BCUT2D eigenvalue weighted by molar-refractivity contribution is 1.28. The van der Waals surface area contributed by atoms with Crippen LogP contribution in [-0.4, -0.2) is 0 Å². The Morgan fingerprint density at radius 3 is 1.44 bits per heavy atom. The molecule has 0 aliphatic rings. The predicted molar refractivity (Wildman–Crippen MR) is 116 cm³/mol. The molecule has 1 heteroatoms. The minimum Gasteiger partial charge on any atom is -0.311 e. The summed E-state index contributed by atoms with van der Waals surface area (Å²) in [5.41, 5.74) is 8.62. The van der Waals surface area contributed by atoms with E-state index in [1.807, 2.05) is 0 Å². The highest BCUT2D eigenvalue weighted by Gasteiger charge is 2.11. The fraction of sp³-hybridized carbons (Fsp3) is 0.0769. The molecular weight excluding hydrogens is 326 g/mol. The molecule has 0 aliphatic carbocycles. The van der Waals surface area contributed by atoms with Crippen molar-refractivity contribution in [3.63, 3.8) is 0 Å². The molecule has 4 rings (SSSR count). The summed E-state index contributed by atoms with van der Waals surface area (Å²) in [7, 11) is 0. The van der Waals surface area contributed by atoms with Gasteiger partial charge in [-0.3, -0.25) is 0 Å². The van der Waals surface area contributed by atoms with E-state index in [2.05, 4.69) is 122 Å². The first-order valence-electron chi connectivity index (χ1n) is 9.30. The van der Waals surface area contributed by atoms with Gasteiger partial charge in [0.05, 0.1) is 0 Å². The Balaban J connectivity index is 1.74. The van der Waals surface area contributed by atoms with Crippen molar-refractivity contribution in [1.29, 1.82) is 0 Å². The number of benzene rings is 4. The fourth-order valence-corrected chi connectivity index (χ4v) is 3.33. The molecule has 132 valence electrons. The minimum absolute atomic E-state index is 1.15. The van der Waals surface area contributed by atoms with E-state index in [9.17, 15) is 0 Å². The van der Waals surface area contributed by atoms with Gasteiger partial charge >= 0.3 is 0 Å². The van der Waals surface area contributed by atoms with Crippen LogP contribution in [0.15, 0.2) is 103 Å². The third-order valence-corrected chi connectivity index (χ3v) is 4.99. The number of nitrogens with zero attached hydrogens (tertiary/aromatic N) is 1. The van der Waals surface area contributed by atoms with Crippen molar-refractivity contribution in [2.75, 3.05) is 4.90 Å². The van der Waals surface area contributed by atoms with Crippen molar-refractivity contribution in [2.24, 2.45) is 0 Å². The van der Waals surface area contributed by atoms with Crippen LogP contribution in [0.5, 0.6) is 0 Å². The summed E-state index contributed by atoms with van der Waals surface area (Å²) in [5, 5.41) is 0. The van der Waals surface area contributed by atoms with Gasteiger partial charge in [0.2, 0.25) is 0 Å². The first-order chi connectivity index (χ1) is 13.2. The Bertz CT molecular complexity index is 979. The number of hydrogen-bond donors (Lipinski definition) is 0. The maximum atomic E-state index is 2.28. The van der Waals surface area contributed by atoms with Crippen LogP contribution in [0.25, 0.3) is 11.1 Å². The molecule has 0 N–H and O–H groups in total. The monoisotopic (exact) mass is 349 g/mol. The van der Waals surface area contributed by atoms with E-state index in [-0.39, 0.29) is 0 Å². The molecule has 0 bridgehead atoms. The van der Waals surface area contributed by atoms with E-state index in [1.54, 1.807) is 0 Å². The molecular formula is C26H23N. The van der Waals surface area contributed by atoms with Crippen LogP contribution in [0, 0.1) is 13.8 Å². The molecule has 0 spiro atoms.